The summed E-state index contributed by atoms with van der Waals surface area (Å²) in [5.41, 5.74) is 0.624. The second-order valence-corrected chi connectivity index (χ2v) is 5.58. The lowest BCUT2D eigenvalue weighted by Gasteiger charge is -2.25. The molecule has 0 radical (unpaired) electrons. The molecule has 0 aliphatic carbocycles. The van der Waals surface area contributed by atoms with E-state index in [-0.39, 0.29) is 13.1 Å². The SMILES string of the molecule is CC(CN(CC(=O)O)c1ccc(N2CCCC2)nc1)C(=O)O. The van der Waals surface area contributed by atoms with E-state index in [9.17, 15) is 9.59 Å². The van der Waals surface area contributed by atoms with E-state index in [2.05, 4.69) is 9.88 Å². The van der Waals surface area contributed by atoms with Crippen molar-refractivity contribution in [2.75, 3.05) is 36.0 Å². The molecule has 0 amide bonds. The highest BCUT2D eigenvalue weighted by molar-refractivity contribution is 5.75. The molecule has 22 heavy (non-hydrogen) atoms. The first-order valence-electron chi connectivity index (χ1n) is 7.38. The summed E-state index contributed by atoms with van der Waals surface area (Å²) in [7, 11) is 0. The van der Waals surface area contributed by atoms with Gasteiger partial charge >= 0.3 is 11.9 Å². The van der Waals surface area contributed by atoms with E-state index in [4.69, 9.17) is 10.2 Å². The summed E-state index contributed by atoms with van der Waals surface area (Å²) >= 11 is 0. The lowest BCUT2D eigenvalue weighted by molar-refractivity contribution is -0.141. The van der Waals surface area contributed by atoms with Gasteiger partial charge in [0.1, 0.15) is 12.4 Å². The third-order valence-corrected chi connectivity index (χ3v) is 3.77. The molecule has 2 rings (SSSR count). The molecule has 1 aromatic rings. The topological polar surface area (TPSA) is 94.0 Å². The van der Waals surface area contributed by atoms with Gasteiger partial charge in [0.15, 0.2) is 0 Å². The summed E-state index contributed by atoms with van der Waals surface area (Å²) in [4.78, 5) is 30.1. The van der Waals surface area contributed by atoms with Gasteiger partial charge in [-0.15, -0.1) is 0 Å². The molecule has 1 saturated heterocycles. The van der Waals surface area contributed by atoms with Gasteiger partial charge in [-0.25, -0.2) is 4.98 Å². The predicted octanol–water partition coefficient (Wildman–Crippen LogP) is 1.29. The van der Waals surface area contributed by atoms with Crippen molar-refractivity contribution in [1.82, 2.24) is 4.98 Å². The molecule has 0 bridgehead atoms. The number of carbonyl (C=O) groups is 2. The van der Waals surface area contributed by atoms with Crippen molar-refractivity contribution in [1.29, 1.82) is 0 Å². The van der Waals surface area contributed by atoms with Crippen LogP contribution in [0.15, 0.2) is 18.3 Å². The molecule has 120 valence electrons. The highest BCUT2D eigenvalue weighted by Gasteiger charge is 2.20. The average Bonchev–Trinajstić information content (AvgIpc) is 3.00. The van der Waals surface area contributed by atoms with Gasteiger partial charge in [0.05, 0.1) is 17.8 Å². The maximum absolute atomic E-state index is 11.0. The van der Waals surface area contributed by atoms with Crippen LogP contribution in [0.5, 0.6) is 0 Å². The number of aromatic nitrogens is 1. The Morgan fingerprint density at radius 2 is 2.00 bits per heavy atom. The van der Waals surface area contributed by atoms with Gasteiger partial charge in [0, 0.05) is 19.6 Å². The number of hydrogen-bond acceptors (Lipinski definition) is 5. The van der Waals surface area contributed by atoms with Crippen LogP contribution in [0.2, 0.25) is 0 Å². The predicted molar refractivity (Wildman–Crippen MR) is 82.3 cm³/mol. The molecule has 1 fully saturated rings. The first kappa shape index (κ1) is 16.1. The summed E-state index contributed by atoms with van der Waals surface area (Å²) in [6.45, 7) is 3.42. The Labute approximate surface area is 129 Å². The van der Waals surface area contributed by atoms with Crippen molar-refractivity contribution in [2.24, 2.45) is 5.92 Å². The second kappa shape index (κ2) is 7.11. The summed E-state index contributed by atoms with van der Waals surface area (Å²) < 4.78 is 0. The van der Waals surface area contributed by atoms with Crippen molar-refractivity contribution >= 4 is 23.4 Å². The highest BCUT2D eigenvalue weighted by atomic mass is 16.4. The molecule has 1 aliphatic rings. The van der Waals surface area contributed by atoms with E-state index in [0.29, 0.717) is 5.69 Å². The Balaban J connectivity index is 2.12. The normalized spacial score (nSPS) is 15.6. The number of hydrogen-bond donors (Lipinski definition) is 2. The maximum atomic E-state index is 11.0. The number of anilines is 2. The van der Waals surface area contributed by atoms with Crippen LogP contribution in [0, 0.1) is 5.92 Å². The summed E-state index contributed by atoms with van der Waals surface area (Å²) in [6, 6.07) is 3.67. The van der Waals surface area contributed by atoms with E-state index in [1.165, 1.54) is 4.90 Å². The fourth-order valence-corrected chi connectivity index (χ4v) is 2.53. The number of carboxylic acid groups (broad SMARTS) is 2. The smallest absolute Gasteiger partial charge is 0.323 e. The minimum absolute atomic E-state index is 0.131. The average molecular weight is 307 g/mol. The fraction of sp³-hybridized carbons (Fsp3) is 0.533. The third-order valence-electron chi connectivity index (χ3n) is 3.77. The molecule has 1 aromatic heterocycles. The van der Waals surface area contributed by atoms with Crippen LogP contribution in [0.25, 0.3) is 0 Å². The molecule has 7 heteroatoms. The molecule has 1 atom stereocenters. The summed E-state index contributed by atoms with van der Waals surface area (Å²) in [6.07, 6.45) is 3.93. The molecule has 0 spiro atoms. The standard InChI is InChI=1S/C15H21N3O4/c1-11(15(21)22)9-18(10-14(19)20)12-4-5-13(16-8-12)17-6-2-3-7-17/h4-5,8,11H,2-3,6-7,9-10H2,1H3,(H,19,20)(H,21,22). The fourth-order valence-electron chi connectivity index (χ4n) is 2.53. The van der Waals surface area contributed by atoms with Gasteiger partial charge in [0.25, 0.3) is 0 Å². The Bertz CT molecular complexity index is 526. The Hall–Kier alpha value is -2.31. The van der Waals surface area contributed by atoms with E-state index >= 15 is 0 Å². The van der Waals surface area contributed by atoms with Gasteiger partial charge in [0.2, 0.25) is 0 Å². The van der Waals surface area contributed by atoms with Crippen molar-refractivity contribution in [2.45, 2.75) is 19.8 Å². The molecule has 1 unspecified atom stereocenters. The van der Waals surface area contributed by atoms with Gasteiger partial charge in [-0.3, -0.25) is 9.59 Å². The van der Waals surface area contributed by atoms with Crippen LogP contribution in [0.4, 0.5) is 11.5 Å². The Morgan fingerprint density at radius 3 is 2.50 bits per heavy atom. The molecule has 2 N–H and O–H groups in total. The first-order valence-corrected chi connectivity index (χ1v) is 7.38. The van der Waals surface area contributed by atoms with Crippen LogP contribution >= 0.6 is 0 Å². The maximum Gasteiger partial charge on any atom is 0.323 e. The van der Waals surface area contributed by atoms with Crippen molar-refractivity contribution < 1.29 is 19.8 Å². The minimum Gasteiger partial charge on any atom is -0.481 e. The summed E-state index contributed by atoms with van der Waals surface area (Å²) in [5.74, 6) is -1.72. The minimum atomic E-state index is -0.999. The second-order valence-electron chi connectivity index (χ2n) is 5.58. The van der Waals surface area contributed by atoms with E-state index in [1.807, 2.05) is 6.07 Å². The number of carboxylic acids is 2. The molecule has 2 heterocycles. The van der Waals surface area contributed by atoms with Crippen LogP contribution in [0.3, 0.4) is 0 Å². The molecule has 1 aliphatic heterocycles. The zero-order valence-electron chi connectivity index (χ0n) is 12.6. The van der Waals surface area contributed by atoms with Crippen molar-refractivity contribution in [3.8, 4) is 0 Å². The van der Waals surface area contributed by atoms with E-state index < -0.39 is 17.9 Å². The number of rotatable bonds is 7. The quantitative estimate of drug-likeness (QED) is 0.784. The zero-order chi connectivity index (χ0) is 16.1. The zero-order valence-corrected chi connectivity index (χ0v) is 12.6. The largest absolute Gasteiger partial charge is 0.481 e. The molecule has 0 aromatic carbocycles. The van der Waals surface area contributed by atoms with Crippen LogP contribution in [-0.4, -0.2) is 53.3 Å². The summed E-state index contributed by atoms with van der Waals surface area (Å²) in [5, 5.41) is 18.0. The van der Waals surface area contributed by atoms with Crippen molar-refractivity contribution in [3.63, 3.8) is 0 Å². The lowest BCUT2D eigenvalue weighted by Crippen LogP contribution is -2.36. The molecule has 7 nitrogen and oxygen atoms in total. The van der Waals surface area contributed by atoms with Crippen LogP contribution in [0.1, 0.15) is 19.8 Å². The number of pyridine rings is 1. The third kappa shape index (κ3) is 4.09. The van der Waals surface area contributed by atoms with Gasteiger partial charge in [-0.1, -0.05) is 6.92 Å². The van der Waals surface area contributed by atoms with Crippen molar-refractivity contribution in [3.05, 3.63) is 18.3 Å². The van der Waals surface area contributed by atoms with Gasteiger partial charge in [-0.2, -0.15) is 0 Å². The molecular formula is C15H21N3O4. The lowest BCUT2D eigenvalue weighted by atomic mass is 10.1. The molecule has 0 saturated carbocycles. The number of aliphatic carboxylic acids is 2. The van der Waals surface area contributed by atoms with E-state index in [1.54, 1.807) is 19.2 Å². The van der Waals surface area contributed by atoms with Gasteiger partial charge in [-0.05, 0) is 25.0 Å². The van der Waals surface area contributed by atoms with Crippen LogP contribution in [-0.2, 0) is 9.59 Å². The Morgan fingerprint density at radius 1 is 1.32 bits per heavy atom. The molecular weight excluding hydrogens is 286 g/mol. The Kier molecular flexibility index (Phi) is 5.19. The van der Waals surface area contributed by atoms with E-state index in [0.717, 1.165) is 31.7 Å². The van der Waals surface area contributed by atoms with Gasteiger partial charge < -0.3 is 20.0 Å². The highest BCUT2D eigenvalue weighted by Crippen LogP contribution is 2.21. The number of nitrogens with zero attached hydrogens (tertiary/aromatic N) is 3. The van der Waals surface area contributed by atoms with Crippen LogP contribution < -0.4 is 9.80 Å². The first-order chi connectivity index (χ1) is 10.5. The monoisotopic (exact) mass is 307 g/mol.